The third-order valence-electron chi connectivity index (χ3n) is 5.10. The Morgan fingerprint density at radius 2 is 1.58 bits per heavy atom. The van der Waals surface area contributed by atoms with Crippen molar-refractivity contribution in [3.05, 3.63) is 42.5 Å². The van der Waals surface area contributed by atoms with Crippen LogP contribution in [0.4, 0.5) is 4.79 Å². The average molecular weight is 376 g/mol. The fourth-order valence-electron chi connectivity index (χ4n) is 3.52. The normalized spacial score (nSPS) is 20.8. The topological polar surface area (TPSA) is 95.5 Å². The number of fused-ring (bicyclic) bond motifs is 1. The van der Waals surface area contributed by atoms with Gasteiger partial charge in [0.1, 0.15) is 0 Å². The molecule has 1 aliphatic rings. The van der Waals surface area contributed by atoms with E-state index in [0.717, 1.165) is 36.5 Å². The number of carboxylic acid groups (broad SMARTS) is 1. The molecule has 0 aromatic heterocycles. The number of rotatable bonds is 6. The maximum Gasteiger partial charge on any atom is 0.404 e. The summed E-state index contributed by atoms with van der Waals surface area (Å²) in [5.41, 5.74) is 0. The number of hydrogen-bond donors (Lipinski definition) is 3. The van der Waals surface area contributed by atoms with E-state index < -0.39 is 16.1 Å². The highest BCUT2D eigenvalue weighted by molar-refractivity contribution is 7.89. The van der Waals surface area contributed by atoms with Crippen molar-refractivity contribution in [3.8, 4) is 0 Å². The molecule has 1 saturated carbocycles. The van der Waals surface area contributed by atoms with E-state index in [1.165, 1.54) is 0 Å². The number of hydrogen-bond acceptors (Lipinski definition) is 3. The van der Waals surface area contributed by atoms with Crippen LogP contribution in [0.3, 0.4) is 0 Å². The zero-order chi connectivity index (χ0) is 18.6. The van der Waals surface area contributed by atoms with Crippen molar-refractivity contribution in [2.75, 3.05) is 13.1 Å². The van der Waals surface area contributed by atoms with Crippen molar-refractivity contribution >= 4 is 26.9 Å². The van der Waals surface area contributed by atoms with Crippen LogP contribution in [0.25, 0.3) is 10.8 Å². The predicted molar refractivity (Wildman–Crippen MR) is 101 cm³/mol. The number of amides is 1. The van der Waals surface area contributed by atoms with Gasteiger partial charge in [-0.3, -0.25) is 0 Å². The van der Waals surface area contributed by atoms with Gasteiger partial charge < -0.3 is 10.4 Å². The summed E-state index contributed by atoms with van der Waals surface area (Å²) in [4.78, 5) is 10.8. The summed E-state index contributed by atoms with van der Waals surface area (Å²) in [5, 5.41) is 13.0. The largest absolute Gasteiger partial charge is 0.465 e. The molecule has 0 heterocycles. The summed E-state index contributed by atoms with van der Waals surface area (Å²) in [6.45, 7) is 0.902. The van der Waals surface area contributed by atoms with Gasteiger partial charge in [0.15, 0.2) is 0 Å². The van der Waals surface area contributed by atoms with Gasteiger partial charge in [-0.25, -0.2) is 17.9 Å². The lowest BCUT2D eigenvalue weighted by Crippen LogP contribution is -2.34. The number of nitrogens with one attached hydrogen (secondary N) is 2. The van der Waals surface area contributed by atoms with Crippen molar-refractivity contribution in [2.24, 2.45) is 11.8 Å². The molecule has 140 valence electrons. The first-order valence-electron chi connectivity index (χ1n) is 8.89. The lowest BCUT2D eigenvalue weighted by atomic mass is 9.82. The maximum absolute atomic E-state index is 12.6. The van der Waals surface area contributed by atoms with E-state index in [2.05, 4.69) is 10.0 Å². The molecular weight excluding hydrogens is 352 g/mol. The van der Waals surface area contributed by atoms with Crippen molar-refractivity contribution < 1.29 is 18.3 Å². The van der Waals surface area contributed by atoms with Crippen LogP contribution in [0.2, 0.25) is 0 Å². The molecular formula is C19H24N2O4S. The summed E-state index contributed by atoms with van der Waals surface area (Å²) in [7, 11) is -3.53. The summed E-state index contributed by atoms with van der Waals surface area (Å²) in [6.07, 6.45) is 2.67. The predicted octanol–water partition coefficient (Wildman–Crippen LogP) is 3.19. The van der Waals surface area contributed by atoms with Crippen molar-refractivity contribution in [1.82, 2.24) is 10.0 Å². The molecule has 6 nitrogen and oxygen atoms in total. The second-order valence-corrected chi connectivity index (χ2v) is 8.70. The maximum atomic E-state index is 12.6. The van der Waals surface area contributed by atoms with Gasteiger partial charge in [0.05, 0.1) is 4.90 Å². The van der Waals surface area contributed by atoms with E-state index in [4.69, 9.17) is 5.11 Å². The van der Waals surface area contributed by atoms with Crippen molar-refractivity contribution in [2.45, 2.75) is 30.6 Å². The standard InChI is InChI=1S/C19H24N2O4S/c22-19(23)20-12-14-5-7-15(8-6-14)13-21-26(24,25)18-10-9-16-3-1-2-4-17(16)11-18/h1-4,9-11,14-15,20-21H,5-8,12-13H2,(H,22,23)/t14-,15-. The lowest BCUT2D eigenvalue weighted by molar-refractivity contribution is 0.188. The molecule has 0 bridgehead atoms. The van der Waals surface area contributed by atoms with Gasteiger partial charge in [-0.05, 0) is 60.4 Å². The van der Waals surface area contributed by atoms with Gasteiger partial charge in [0, 0.05) is 13.1 Å². The van der Waals surface area contributed by atoms with Crippen LogP contribution >= 0.6 is 0 Å². The Kier molecular flexibility index (Phi) is 5.78. The van der Waals surface area contributed by atoms with E-state index in [1.54, 1.807) is 12.1 Å². The molecule has 26 heavy (non-hydrogen) atoms. The molecule has 2 aromatic carbocycles. The Bertz CT molecular complexity index is 874. The third-order valence-corrected chi connectivity index (χ3v) is 6.52. The first-order valence-corrected chi connectivity index (χ1v) is 10.4. The minimum absolute atomic E-state index is 0.288. The highest BCUT2D eigenvalue weighted by atomic mass is 32.2. The van der Waals surface area contributed by atoms with E-state index in [0.29, 0.717) is 24.9 Å². The fraction of sp³-hybridized carbons (Fsp3) is 0.421. The molecule has 7 heteroatoms. The molecule has 1 fully saturated rings. The van der Waals surface area contributed by atoms with Gasteiger partial charge in [-0.2, -0.15) is 0 Å². The highest BCUT2D eigenvalue weighted by Crippen LogP contribution is 2.28. The second-order valence-electron chi connectivity index (χ2n) is 6.93. The van der Waals surface area contributed by atoms with Crippen molar-refractivity contribution in [3.63, 3.8) is 0 Å². The summed E-state index contributed by atoms with van der Waals surface area (Å²) >= 11 is 0. The van der Waals surface area contributed by atoms with E-state index in [9.17, 15) is 13.2 Å². The first-order chi connectivity index (χ1) is 12.4. The minimum atomic E-state index is -3.53. The molecule has 0 saturated heterocycles. The Balaban J connectivity index is 1.54. The molecule has 2 aromatic rings. The molecule has 1 aliphatic carbocycles. The molecule has 3 rings (SSSR count). The van der Waals surface area contributed by atoms with Crippen LogP contribution in [-0.4, -0.2) is 32.7 Å². The van der Waals surface area contributed by atoms with E-state index in [-0.39, 0.29) is 4.90 Å². The highest BCUT2D eigenvalue weighted by Gasteiger charge is 2.23. The monoisotopic (exact) mass is 376 g/mol. The quantitative estimate of drug-likeness (QED) is 0.721. The van der Waals surface area contributed by atoms with Crippen LogP contribution in [0.1, 0.15) is 25.7 Å². The van der Waals surface area contributed by atoms with E-state index in [1.807, 2.05) is 30.3 Å². The number of sulfonamides is 1. The Hall–Kier alpha value is -2.12. The summed E-state index contributed by atoms with van der Waals surface area (Å²) < 4.78 is 27.9. The van der Waals surface area contributed by atoms with Crippen LogP contribution in [0, 0.1) is 11.8 Å². The summed E-state index contributed by atoms with van der Waals surface area (Å²) in [5.74, 6) is 0.644. The van der Waals surface area contributed by atoms with Crippen LogP contribution < -0.4 is 10.0 Å². The van der Waals surface area contributed by atoms with Gasteiger partial charge in [0.25, 0.3) is 0 Å². The zero-order valence-electron chi connectivity index (χ0n) is 14.5. The molecule has 0 unspecified atom stereocenters. The molecule has 0 spiro atoms. The van der Waals surface area contributed by atoms with Crippen LogP contribution in [0.15, 0.2) is 47.4 Å². The number of carbonyl (C=O) groups is 1. The van der Waals surface area contributed by atoms with E-state index >= 15 is 0 Å². The second kappa shape index (κ2) is 8.05. The lowest BCUT2D eigenvalue weighted by Gasteiger charge is -2.28. The smallest absolute Gasteiger partial charge is 0.404 e. The number of benzene rings is 2. The Morgan fingerprint density at radius 3 is 2.23 bits per heavy atom. The third kappa shape index (κ3) is 4.74. The summed E-state index contributed by atoms with van der Waals surface area (Å²) in [6, 6.07) is 12.8. The van der Waals surface area contributed by atoms with Gasteiger partial charge in [-0.15, -0.1) is 0 Å². The Labute approximate surface area is 153 Å². The first kappa shape index (κ1) is 18.7. The van der Waals surface area contributed by atoms with Crippen molar-refractivity contribution in [1.29, 1.82) is 0 Å². The molecule has 0 radical (unpaired) electrons. The van der Waals surface area contributed by atoms with Crippen LogP contribution in [-0.2, 0) is 10.0 Å². The fourth-order valence-corrected chi connectivity index (χ4v) is 4.67. The zero-order valence-corrected chi connectivity index (χ0v) is 15.3. The SMILES string of the molecule is O=C(O)NC[C@H]1CC[C@H](CNS(=O)(=O)c2ccc3ccccc3c2)CC1. The molecule has 0 aliphatic heterocycles. The Morgan fingerprint density at radius 1 is 0.962 bits per heavy atom. The molecule has 0 atom stereocenters. The van der Waals surface area contributed by atoms with Gasteiger partial charge in [0.2, 0.25) is 10.0 Å². The van der Waals surface area contributed by atoms with Gasteiger partial charge in [-0.1, -0.05) is 30.3 Å². The average Bonchev–Trinajstić information content (AvgIpc) is 2.65. The molecule has 1 amide bonds. The molecule has 3 N–H and O–H groups in total. The minimum Gasteiger partial charge on any atom is -0.465 e. The van der Waals surface area contributed by atoms with Gasteiger partial charge >= 0.3 is 6.09 Å². The van der Waals surface area contributed by atoms with Crippen LogP contribution in [0.5, 0.6) is 0 Å².